The van der Waals surface area contributed by atoms with Crippen molar-refractivity contribution in [2.45, 2.75) is 44.1 Å². The minimum Gasteiger partial charge on any atom is -0.392 e. The summed E-state index contributed by atoms with van der Waals surface area (Å²) in [5, 5.41) is 15.1. The van der Waals surface area contributed by atoms with Crippen LogP contribution in [-0.2, 0) is 17.4 Å². The molecule has 1 aliphatic rings. The molecule has 1 amide bonds. The quantitative estimate of drug-likeness (QED) is 0.788. The van der Waals surface area contributed by atoms with Crippen LogP contribution in [0.5, 0.6) is 0 Å². The molecule has 0 bridgehead atoms. The Morgan fingerprint density at radius 3 is 2.55 bits per heavy atom. The summed E-state index contributed by atoms with van der Waals surface area (Å²) < 4.78 is 37.4. The number of carbonyl (C=O) groups excluding carboxylic acids is 1. The highest BCUT2D eigenvalue weighted by atomic mass is 19.4. The Morgan fingerprint density at radius 2 is 2.05 bits per heavy atom. The van der Waals surface area contributed by atoms with E-state index >= 15 is 0 Å². The van der Waals surface area contributed by atoms with Gasteiger partial charge in [0, 0.05) is 12.6 Å². The highest BCUT2D eigenvalue weighted by molar-refractivity contribution is 5.82. The maximum Gasteiger partial charge on any atom is 0.416 e. The van der Waals surface area contributed by atoms with Crippen molar-refractivity contribution in [3.63, 3.8) is 0 Å². The fourth-order valence-electron chi connectivity index (χ4n) is 2.49. The Kier molecular flexibility index (Phi) is 5.08. The van der Waals surface area contributed by atoms with E-state index in [4.69, 9.17) is 0 Å². The van der Waals surface area contributed by atoms with Gasteiger partial charge in [-0.15, -0.1) is 0 Å². The molecular weight excluding hydrogens is 297 g/mol. The van der Waals surface area contributed by atoms with E-state index in [-0.39, 0.29) is 11.9 Å². The van der Waals surface area contributed by atoms with Gasteiger partial charge >= 0.3 is 6.18 Å². The second kappa shape index (κ2) is 6.66. The van der Waals surface area contributed by atoms with Crippen molar-refractivity contribution in [2.75, 3.05) is 6.54 Å². The van der Waals surface area contributed by atoms with Crippen LogP contribution in [0.25, 0.3) is 0 Å². The lowest BCUT2D eigenvalue weighted by Crippen LogP contribution is -2.44. The molecule has 4 nitrogen and oxygen atoms in total. The van der Waals surface area contributed by atoms with Crippen molar-refractivity contribution in [2.24, 2.45) is 0 Å². The fraction of sp³-hybridized carbons (Fsp3) is 0.533. The molecule has 1 saturated heterocycles. The lowest BCUT2D eigenvalue weighted by atomic mass is 10.0. The number of aliphatic hydroxyl groups is 1. The summed E-state index contributed by atoms with van der Waals surface area (Å²) in [4.78, 5) is 11.9. The van der Waals surface area contributed by atoms with Crippen LogP contribution in [0.2, 0.25) is 0 Å². The van der Waals surface area contributed by atoms with Crippen LogP contribution in [0, 0.1) is 0 Å². The Morgan fingerprint density at radius 1 is 1.41 bits per heavy atom. The zero-order valence-electron chi connectivity index (χ0n) is 12.2. The minimum atomic E-state index is -4.34. The molecule has 1 fully saturated rings. The SMILES string of the molecule is CC(Cc1ccc(C(F)(F)F)cc1)NC(=O)C1CC(O)CN1. The first-order chi connectivity index (χ1) is 10.3. The second-order valence-corrected chi connectivity index (χ2v) is 5.66. The third-order valence-electron chi connectivity index (χ3n) is 3.64. The van der Waals surface area contributed by atoms with Crippen LogP contribution in [0.3, 0.4) is 0 Å². The number of hydrogen-bond acceptors (Lipinski definition) is 3. The van der Waals surface area contributed by atoms with Crippen LogP contribution in [0.15, 0.2) is 24.3 Å². The number of β-amino-alcohol motifs (C(OH)–C–C–N with tert-alkyl or cyclic N) is 1. The predicted molar refractivity (Wildman–Crippen MR) is 75.2 cm³/mol. The Labute approximate surface area is 126 Å². The molecule has 1 aromatic rings. The van der Waals surface area contributed by atoms with Gasteiger partial charge in [-0.3, -0.25) is 4.79 Å². The Hall–Kier alpha value is -1.60. The third kappa shape index (κ3) is 4.45. The molecule has 3 atom stereocenters. The maximum absolute atomic E-state index is 12.5. The first-order valence-electron chi connectivity index (χ1n) is 7.13. The predicted octanol–water partition coefficient (Wildman–Crippen LogP) is 1.48. The number of amides is 1. The van der Waals surface area contributed by atoms with Crippen molar-refractivity contribution in [1.82, 2.24) is 10.6 Å². The molecule has 0 saturated carbocycles. The van der Waals surface area contributed by atoms with E-state index in [0.717, 1.165) is 17.7 Å². The summed E-state index contributed by atoms with van der Waals surface area (Å²) in [6.45, 7) is 2.19. The maximum atomic E-state index is 12.5. The molecule has 2 rings (SSSR count). The number of aliphatic hydroxyl groups excluding tert-OH is 1. The molecule has 3 N–H and O–H groups in total. The van der Waals surface area contributed by atoms with Crippen LogP contribution >= 0.6 is 0 Å². The standard InChI is InChI=1S/C15H19F3N2O2/c1-9(20-14(22)13-7-12(21)8-19-13)6-10-2-4-11(5-3-10)15(16,17)18/h2-5,9,12-13,19,21H,6-8H2,1H3,(H,20,22). The highest BCUT2D eigenvalue weighted by Gasteiger charge is 2.30. The molecular formula is C15H19F3N2O2. The van der Waals surface area contributed by atoms with Crippen molar-refractivity contribution in [1.29, 1.82) is 0 Å². The van der Waals surface area contributed by atoms with Crippen molar-refractivity contribution < 1.29 is 23.1 Å². The largest absolute Gasteiger partial charge is 0.416 e. The zero-order chi connectivity index (χ0) is 16.3. The van der Waals surface area contributed by atoms with E-state index in [1.54, 1.807) is 6.92 Å². The van der Waals surface area contributed by atoms with Gasteiger partial charge in [-0.05, 0) is 37.5 Å². The van der Waals surface area contributed by atoms with Crippen LogP contribution < -0.4 is 10.6 Å². The van der Waals surface area contributed by atoms with E-state index < -0.39 is 23.9 Å². The monoisotopic (exact) mass is 316 g/mol. The third-order valence-corrected chi connectivity index (χ3v) is 3.64. The Balaban J connectivity index is 1.86. The van der Waals surface area contributed by atoms with E-state index in [1.807, 2.05) is 0 Å². The summed E-state index contributed by atoms with van der Waals surface area (Å²) in [6.07, 6.45) is -4.04. The molecule has 3 unspecified atom stereocenters. The van der Waals surface area contributed by atoms with E-state index in [2.05, 4.69) is 10.6 Å². The van der Waals surface area contributed by atoms with Gasteiger partial charge in [0.25, 0.3) is 0 Å². The van der Waals surface area contributed by atoms with Gasteiger partial charge in [0.05, 0.1) is 17.7 Å². The van der Waals surface area contributed by atoms with Gasteiger partial charge in [0.2, 0.25) is 5.91 Å². The normalized spacial score (nSPS) is 23.3. The van der Waals surface area contributed by atoms with Gasteiger partial charge in [-0.25, -0.2) is 0 Å². The van der Waals surface area contributed by atoms with Crippen molar-refractivity contribution in [3.05, 3.63) is 35.4 Å². The number of carbonyl (C=O) groups is 1. The van der Waals surface area contributed by atoms with Gasteiger partial charge in [0.15, 0.2) is 0 Å². The van der Waals surface area contributed by atoms with Crippen molar-refractivity contribution in [3.8, 4) is 0 Å². The van der Waals surface area contributed by atoms with E-state index in [0.29, 0.717) is 19.4 Å². The molecule has 122 valence electrons. The second-order valence-electron chi connectivity index (χ2n) is 5.66. The molecule has 0 radical (unpaired) electrons. The summed E-state index contributed by atoms with van der Waals surface area (Å²) >= 11 is 0. The minimum absolute atomic E-state index is 0.198. The lowest BCUT2D eigenvalue weighted by molar-refractivity contribution is -0.137. The number of hydrogen-bond donors (Lipinski definition) is 3. The highest BCUT2D eigenvalue weighted by Crippen LogP contribution is 2.29. The van der Waals surface area contributed by atoms with Crippen LogP contribution in [-0.4, -0.2) is 35.7 Å². The Bertz CT molecular complexity index is 517. The summed E-state index contributed by atoms with van der Waals surface area (Å²) in [7, 11) is 0. The van der Waals surface area contributed by atoms with Crippen LogP contribution in [0.1, 0.15) is 24.5 Å². The van der Waals surface area contributed by atoms with Crippen LogP contribution in [0.4, 0.5) is 13.2 Å². The smallest absolute Gasteiger partial charge is 0.392 e. The molecule has 1 aliphatic heterocycles. The number of rotatable bonds is 4. The van der Waals surface area contributed by atoms with E-state index in [1.165, 1.54) is 12.1 Å². The first-order valence-corrected chi connectivity index (χ1v) is 7.13. The summed E-state index contributed by atoms with van der Waals surface area (Å²) in [5.41, 5.74) is 0.0392. The van der Waals surface area contributed by atoms with Gasteiger partial charge in [-0.2, -0.15) is 13.2 Å². The van der Waals surface area contributed by atoms with Gasteiger partial charge < -0.3 is 15.7 Å². The number of halogens is 3. The molecule has 0 aliphatic carbocycles. The number of benzene rings is 1. The fourth-order valence-corrected chi connectivity index (χ4v) is 2.49. The average molecular weight is 316 g/mol. The molecule has 0 spiro atoms. The lowest BCUT2D eigenvalue weighted by Gasteiger charge is -2.17. The first kappa shape index (κ1) is 16.8. The number of nitrogens with one attached hydrogen (secondary N) is 2. The van der Waals surface area contributed by atoms with Gasteiger partial charge in [0.1, 0.15) is 0 Å². The molecule has 1 aromatic carbocycles. The molecule has 22 heavy (non-hydrogen) atoms. The molecule has 0 aromatic heterocycles. The molecule has 1 heterocycles. The molecule has 7 heteroatoms. The van der Waals surface area contributed by atoms with E-state index in [9.17, 15) is 23.1 Å². The van der Waals surface area contributed by atoms with Crippen molar-refractivity contribution >= 4 is 5.91 Å². The van der Waals surface area contributed by atoms with Gasteiger partial charge in [-0.1, -0.05) is 12.1 Å². The average Bonchev–Trinajstić information content (AvgIpc) is 2.85. The topological polar surface area (TPSA) is 61.4 Å². The zero-order valence-corrected chi connectivity index (χ0v) is 12.2. The summed E-state index contributed by atoms with van der Waals surface area (Å²) in [6, 6.07) is 4.30. The summed E-state index contributed by atoms with van der Waals surface area (Å²) in [5.74, 6) is -0.198. The number of alkyl halides is 3.